The Hall–Kier alpha value is -1.10. The molecular weight excluding hydrogens is 460 g/mol. The van der Waals surface area contributed by atoms with Gasteiger partial charge in [-0.3, -0.25) is 4.90 Å². The van der Waals surface area contributed by atoms with Crippen molar-refractivity contribution in [3.8, 4) is 0 Å². The van der Waals surface area contributed by atoms with Gasteiger partial charge in [-0.15, -0.1) is 11.3 Å². The van der Waals surface area contributed by atoms with Crippen molar-refractivity contribution in [1.29, 1.82) is 0 Å². The number of nitrogens with one attached hydrogen (secondary N) is 1. The van der Waals surface area contributed by atoms with E-state index in [1.54, 1.807) is 27.6 Å². The van der Waals surface area contributed by atoms with Crippen molar-refractivity contribution in [2.24, 2.45) is 0 Å². The number of para-hydroxylation sites is 2. The first kappa shape index (κ1) is 24.0. The highest BCUT2D eigenvalue weighted by Gasteiger charge is 2.25. The second-order valence-electron chi connectivity index (χ2n) is 8.44. The van der Waals surface area contributed by atoms with Gasteiger partial charge in [0.25, 0.3) is 0 Å². The highest BCUT2D eigenvalue weighted by molar-refractivity contribution is 8.02. The third-order valence-corrected chi connectivity index (χ3v) is 9.70. The monoisotopic (exact) mass is 494 g/mol. The SMILES string of the molecule is CN(C)S(=O)c1ccc(SNc2ccccc2N2CCCCC2CCN2CCOCC2)s1. The summed E-state index contributed by atoms with van der Waals surface area (Å²) >= 11 is 3.19. The zero-order chi connectivity index (χ0) is 22.3. The molecule has 2 saturated heterocycles. The van der Waals surface area contributed by atoms with Gasteiger partial charge in [0.2, 0.25) is 0 Å². The normalized spacial score (nSPS) is 21.1. The van der Waals surface area contributed by atoms with Gasteiger partial charge in [0.15, 0.2) is 0 Å². The molecule has 3 heterocycles. The molecule has 1 aromatic carbocycles. The Morgan fingerprint density at radius 3 is 2.78 bits per heavy atom. The van der Waals surface area contributed by atoms with Crippen molar-refractivity contribution in [3.63, 3.8) is 0 Å². The van der Waals surface area contributed by atoms with Crippen LogP contribution in [0.2, 0.25) is 0 Å². The van der Waals surface area contributed by atoms with E-state index in [1.165, 1.54) is 31.4 Å². The lowest BCUT2D eigenvalue weighted by atomic mass is 9.97. The second kappa shape index (κ2) is 11.9. The second-order valence-corrected chi connectivity index (χ2v) is 12.6. The van der Waals surface area contributed by atoms with Gasteiger partial charge < -0.3 is 14.4 Å². The summed E-state index contributed by atoms with van der Waals surface area (Å²) in [4.78, 5) is 5.16. The summed E-state index contributed by atoms with van der Waals surface area (Å²) in [6.07, 6.45) is 5.03. The van der Waals surface area contributed by atoms with E-state index >= 15 is 0 Å². The van der Waals surface area contributed by atoms with Crippen LogP contribution in [0, 0.1) is 0 Å². The molecule has 32 heavy (non-hydrogen) atoms. The van der Waals surface area contributed by atoms with Crippen LogP contribution in [-0.2, 0) is 15.7 Å². The van der Waals surface area contributed by atoms with Crippen LogP contribution >= 0.6 is 23.3 Å². The maximum Gasteiger partial charge on any atom is 0.137 e. The van der Waals surface area contributed by atoms with E-state index in [9.17, 15) is 4.21 Å². The van der Waals surface area contributed by atoms with E-state index in [4.69, 9.17) is 4.74 Å². The summed E-state index contributed by atoms with van der Waals surface area (Å²) in [5.41, 5.74) is 2.44. The Kier molecular flexibility index (Phi) is 8.90. The van der Waals surface area contributed by atoms with Gasteiger partial charge in [-0.05, 0) is 76.0 Å². The minimum atomic E-state index is -1.09. The smallest absolute Gasteiger partial charge is 0.137 e. The average molecular weight is 495 g/mol. The number of ether oxygens (including phenoxy) is 1. The minimum Gasteiger partial charge on any atom is -0.379 e. The summed E-state index contributed by atoms with van der Waals surface area (Å²) in [7, 11) is 2.59. The molecule has 6 nitrogen and oxygen atoms in total. The first-order valence-electron chi connectivity index (χ1n) is 11.4. The van der Waals surface area contributed by atoms with Gasteiger partial charge >= 0.3 is 0 Å². The van der Waals surface area contributed by atoms with Crippen LogP contribution in [0.5, 0.6) is 0 Å². The predicted octanol–water partition coefficient (Wildman–Crippen LogP) is 4.53. The topological polar surface area (TPSA) is 48.1 Å². The van der Waals surface area contributed by atoms with E-state index in [-0.39, 0.29) is 0 Å². The van der Waals surface area contributed by atoms with Crippen molar-refractivity contribution in [2.45, 2.75) is 40.1 Å². The molecule has 4 rings (SSSR count). The Balaban J connectivity index is 1.41. The van der Waals surface area contributed by atoms with Crippen LogP contribution in [0.15, 0.2) is 44.8 Å². The number of morpholine rings is 1. The van der Waals surface area contributed by atoms with Gasteiger partial charge in [0, 0.05) is 32.2 Å². The molecule has 0 spiro atoms. The Morgan fingerprint density at radius 2 is 1.97 bits per heavy atom. The summed E-state index contributed by atoms with van der Waals surface area (Å²) < 4.78 is 25.1. The zero-order valence-electron chi connectivity index (χ0n) is 19.0. The lowest BCUT2D eigenvalue weighted by molar-refractivity contribution is 0.0362. The van der Waals surface area contributed by atoms with Crippen molar-refractivity contribution >= 4 is 45.6 Å². The number of piperidine rings is 1. The molecule has 1 aromatic heterocycles. The molecule has 2 atom stereocenters. The third-order valence-electron chi connectivity index (χ3n) is 6.04. The lowest BCUT2D eigenvalue weighted by Crippen LogP contribution is -2.44. The first-order chi connectivity index (χ1) is 15.6. The quantitative estimate of drug-likeness (QED) is 0.517. The maximum atomic E-state index is 12.3. The number of hydrogen-bond acceptors (Lipinski definition) is 7. The fraction of sp³-hybridized carbons (Fsp3) is 0.565. The number of benzene rings is 1. The molecule has 0 amide bonds. The van der Waals surface area contributed by atoms with Crippen LogP contribution in [0.4, 0.5) is 11.4 Å². The molecule has 0 saturated carbocycles. The van der Waals surface area contributed by atoms with E-state index in [1.807, 2.05) is 26.2 Å². The van der Waals surface area contributed by atoms with Crippen molar-refractivity contribution < 1.29 is 8.95 Å². The molecule has 2 aliphatic heterocycles. The highest BCUT2D eigenvalue weighted by atomic mass is 32.2. The van der Waals surface area contributed by atoms with Gasteiger partial charge in [0.05, 0.1) is 28.8 Å². The van der Waals surface area contributed by atoms with Gasteiger partial charge in [-0.2, -0.15) is 0 Å². The van der Waals surface area contributed by atoms with Crippen molar-refractivity contribution in [3.05, 3.63) is 36.4 Å². The first-order valence-corrected chi connectivity index (χ1v) is 14.1. The van der Waals surface area contributed by atoms with Crippen LogP contribution in [0.25, 0.3) is 0 Å². The van der Waals surface area contributed by atoms with Gasteiger partial charge in [0.1, 0.15) is 15.2 Å². The Morgan fingerprint density at radius 1 is 1.16 bits per heavy atom. The van der Waals surface area contributed by atoms with Crippen molar-refractivity contribution in [1.82, 2.24) is 9.21 Å². The molecule has 1 N–H and O–H groups in total. The molecule has 9 heteroatoms. The lowest BCUT2D eigenvalue weighted by Gasteiger charge is -2.40. The van der Waals surface area contributed by atoms with Gasteiger partial charge in [-0.1, -0.05) is 12.1 Å². The number of anilines is 2. The third kappa shape index (κ3) is 6.27. The van der Waals surface area contributed by atoms with Crippen molar-refractivity contribution in [2.75, 3.05) is 63.1 Å². The summed E-state index contributed by atoms with van der Waals surface area (Å²) in [6, 6.07) is 13.2. The van der Waals surface area contributed by atoms with Crippen LogP contribution in [-0.4, -0.2) is 72.9 Å². The summed E-state index contributed by atoms with van der Waals surface area (Å²) in [5.74, 6) is 0. The molecule has 0 aliphatic carbocycles. The fourth-order valence-corrected chi connectivity index (χ4v) is 7.58. The fourth-order valence-electron chi connectivity index (χ4n) is 4.32. The summed E-state index contributed by atoms with van der Waals surface area (Å²) in [6.45, 7) is 6.11. The zero-order valence-corrected chi connectivity index (χ0v) is 21.4. The molecule has 2 aromatic rings. The molecule has 2 fully saturated rings. The molecule has 176 valence electrons. The van der Waals surface area contributed by atoms with Crippen LogP contribution in [0.3, 0.4) is 0 Å². The molecular formula is C23H34N4O2S3. The van der Waals surface area contributed by atoms with E-state index in [0.717, 1.165) is 53.5 Å². The Bertz CT molecular complexity index is 886. The molecule has 0 radical (unpaired) electrons. The van der Waals surface area contributed by atoms with Crippen LogP contribution < -0.4 is 9.62 Å². The standard InChI is InChI=1S/C23H34N4O2S3/c1-25(2)32(28)23-11-10-22(30-23)31-24-20-8-3-4-9-21(20)27-13-6-5-7-19(27)12-14-26-15-17-29-18-16-26/h3-4,8-11,19,24H,5-7,12-18H2,1-2H3. The number of nitrogens with zero attached hydrogens (tertiary/aromatic N) is 3. The van der Waals surface area contributed by atoms with E-state index < -0.39 is 11.0 Å². The largest absolute Gasteiger partial charge is 0.379 e. The molecule has 2 unspecified atom stereocenters. The van der Waals surface area contributed by atoms with Gasteiger partial charge in [-0.25, -0.2) is 8.51 Å². The predicted molar refractivity (Wildman–Crippen MR) is 137 cm³/mol. The molecule has 2 aliphatic rings. The number of hydrogen-bond donors (Lipinski definition) is 1. The summed E-state index contributed by atoms with van der Waals surface area (Å²) in [5, 5.41) is 0. The van der Waals surface area contributed by atoms with E-state index in [0.29, 0.717) is 6.04 Å². The molecule has 0 bridgehead atoms. The average Bonchev–Trinajstić information content (AvgIpc) is 3.31. The Labute approximate surface area is 203 Å². The number of rotatable bonds is 9. The van der Waals surface area contributed by atoms with E-state index in [2.05, 4.69) is 38.8 Å². The minimum absolute atomic E-state index is 0.579. The maximum absolute atomic E-state index is 12.3. The number of thiophene rings is 1. The van der Waals surface area contributed by atoms with Crippen LogP contribution in [0.1, 0.15) is 25.7 Å². The highest BCUT2D eigenvalue weighted by Crippen LogP contribution is 2.36.